The van der Waals surface area contributed by atoms with E-state index in [1.807, 2.05) is 67.8 Å². The van der Waals surface area contributed by atoms with Crippen molar-refractivity contribution in [2.75, 3.05) is 0 Å². The second-order valence-electron chi connectivity index (χ2n) is 2.23. The Morgan fingerprint density at radius 1 is 0.591 bits per heavy atom. The summed E-state index contributed by atoms with van der Waals surface area (Å²) in [6.45, 7) is 0. The van der Waals surface area contributed by atoms with E-state index in [2.05, 4.69) is 0 Å². The first-order chi connectivity index (χ1) is 9.54. The van der Waals surface area contributed by atoms with E-state index in [-0.39, 0.29) is 36.6 Å². The number of hydrogen-bond acceptors (Lipinski definition) is 6. The zero-order valence-corrected chi connectivity index (χ0v) is 26.3. The molecule has 0 rings (SSSR count). The van der Waals surface area contributed by atoms with Crippen molar-refractivity contribution >= 4 is 179 Å². The maximum absolute atomic E-state index is 9.74. The van der Waals surface area contributed by atoms with Crippen LogP contribution in [-0.2, 0) is 14.4 Å². The normalized spacial score (nSPS) is 10.9. The van der Waals surface area contributed by atoms with Crippen LogP contribution in [0.1, 0.15) is 0 Å². The summed E-state index contributed by atoms with van der Waals surface area (Å²) in [4.78, 5) is 29.2. The van der Waals surface area contributed by atoms with E-state index in [0.717, 1.165) is 0 Å². The molecule has 6 nitrogen and oxygen atoms in total. The van der Waals surface area contributed by atoms with Crippen LogP contribution in [0, 0.1) is 0 Å². The molecule has 0 aliphatic rings. The summed E-state index contributed by atoms with van der Waals surface area (Å²) >= 11 is 10.6. The molecular formula is C9H3I6InO6. The average Bonchev–Trinajstić information content (AvgIpc) is 2.45. The number of carbonyl (C=O) groups excluding carboxylic acids is 3. The molecule has 0 aromatic heterocycles. The fourth-order valence-electron chi connectivity index (χ4n) is 0.134. The Labute approximate surface area is 227 Å². The summed E-state index contributed by atoms with van der Waals surface area (Å²) in [7, 11) is 0. The quantitative estimate of drug-likeness (QED) is 0.307. The summed E-state index contributed by atoms with van der Waals surface area (Å²) in [5, 5.41) is 29.2. The van der Waals surface area contributed by atoms with Crippen molar-refractivity contribution in [2.24, 2.45) is 0 Å². The smallest absolute Gasteiger partial charge is 0.544 e. The van der Waals surface area contributed by atoms with Crippen LogP contribution in [0.15, 0.2) is 23.0 Å². The van der Waals surface area contributed by atoms with Crippen molar-refractivity contribution in [3.8, 4) is 0 Å². The molecule has 0 aromatic carbocycles. The van der Waals surface area contributed by atoms with Gasteiger partial charge < -0.3 is 29.7 Å². The van der Waals surface area contributed by atoms with E-state index < -0.39 is 17.9 Å². The van der Waals surface area contributed by atoms with Crippen molar-refractivity contribution < 1.29 is 29.7 Å². The molecular weight excluding hydrogens is 1080 g/mol. The molecule has 0 unspecified atom stereocenters. The molecule has 0 atom stereocenters. The summed E-state index contributed by atoms with van der Waals surface area (Å²) in [5.41, 5.74) is 0. The SMILES string of the molecule is O=C([O-])/C(I)=C/I.O=C([O-])/C(I)=C/I.O=C([O-])/C(I)=C/I.[In+3]. The molecule has 0 spiro atoms. The Hall–Kier alpha value is 2.88. The van der Waals surface area contributed by atoms with Crippen LogP contribution >= 0.6 is 136 Å². The van der Waals surface area contributed by atoms with Gasteiger partial charge in [-0.15, -0.1) is 0 Å². The third-order valence-electron chi connectivity index (χ3n) is 0.872. The third kappa shape index (κ3) is 25.1. The van der Waals surface area contributed by atoms with E-state index in [1.165, 1.54) is 12.2 Å². The molecule has 0 N–H and O–H groups in total. The summed E-state index contributed by atoms with van der Waals surface area (Å²) < 4.78 is 5.06. The first kappa shape index (κ1) is 32.5. The molecule has 0 aliphatic heterocycles. The number of hydrogen-bond donors (Lipinski definition) is 0. The van der Waals surface area contributed by atoms with Crippen LogP contribution in [0.2, 0.25) is 0 Å². The Bertz CT molecular complexity index is 395. The summed E-state index contributed by atoms with van der Waals surface area (Å²) in [6, 6.07) is 0. The molecule has 0 heterocycles. The second-order valence-corrected chi connectivity index (χ2v) is 7.59. The number of rotatable bonds is 3. The Morgan fingerprint density at radius 3 is 0.727 bits per heavy atom. The van der Waals surface area contributed by atoms with Crippen LogP contribution in [0.3, 0.4) is 0 Å². The van der Waals surface area contributed by atoms with Crippen LogP contribution < -0.4 is 15.3 Å². The van der Waals surface area contributed by atoms with Crippen LogP contribution in [-0.4, -0.2) is 43.8 Å². The van der Waals surface area contributed by atoms with Gasteiger partial charge in [-0.05, 0) is 80.0 Å². The molecule has 0 radical (unpaired) electrons. The zero-order chi connectivity index (χ0) is 17.6. The molecule has 0 saturated carbocycles. The van der Waals surface area contributed by atoms with E-state index in [1.54, 1.807) is 67.8 Å². The Kier molecular flexibility index (Phi) is 32.4. The fourth-order valence-corrected chi connectivity index (χ4v) is 0.896. The predicted octanol–water partition coefficient (Wildman–Crippen LogP) is 0.962. The number of carboxylic acids is 3. The van der Waals surface area contributed by atoms with Crippen molar-refractivity contribution in [3.63, 3.8) is 0 Å². The molecule has 0 saturated heterocycles. The third-order valence-corrected chi connectivity index (χ3v) is 8.57. The molecule has 0 fully saturated rings. The first-order valence-electron chi connectivity index (χ1n) is 4.06. The maximum atomic E-state index is 9.74. The summed E-state index contributed by atoms with van der Waals surface area (Å²) in [6.07, 6.45) is 0. The van der Waals surface area contributed by atoms with Crippen molar-refractivity contribution in [2.45, 2.75) is 0 Å². The van der Waals surface area contributed by atoms with Gasteiger partial charge in [0.05, 0.1) is 17.9 Å². The topological polar surface area (TPSA) is 120 Å². The first-order valence-corrected chi connectivity index (χ1v) is 11.0. The van der Waals surface area contributed by atoms with Gasteiger partial charge in [-0.3, -0.25) is 0 Å². The molecule has 0 aliphatic carbocycles. The molecule has 0 aromatic rings. The maximum Gasteiger partial charge on any atom is 3.00 e. The molecule has 22 heavy (non-hydrogen) atoms. The average molecular weight is 1080 g/mol. The van der Waals surface area contributed by atoms with E-state index in [4.69, 9.17) is 0 Å². The summed E-state index contributed by atoms with van der Waals surface area (Å²) in [5.74, 6) is -3.35. The Morgan fingerprint density at radius 2 is 0.727 bits per heavy atom. The van der Waals surface area contributed by atoms with Crippen LogP contribution in [0.4, 0.5) is 0 Å². The standard InChI is InChI=1S/3C3H2I2O2.In/c3*4-1-2(5)3(6)7;/h3*1H,(H,6,7);/q;;;+3/p-3/b3*2-1-;. The molecule has 120 valence electrons. The van der Waals surface area contributed by atoms with Gasteiger partial charge in [0.2, 0.25) is 0 Å². The Balaban J connectivity index is -0.000000108. The van der Waals surface area contributed by atoms with Gasteiger partial charge in [0.1, 0.15) is 0 Å². The minimum atomic E-state index is -1.12. The number of carbonyl (C=O) groups is 3. The minimum Gasteiger partial charge on any atom is -0.544 e. The zero-order valence-electron chi connectivity index (χ0n) is 10.0. The van der Waals surface area contributed by atoms with Gasteiger partial charge in [0.15, 0.2) is 0 Å². The van der Waals surface area contributed by atoms with Crippen molar-refractivity contribution in [1.29, 1.82) is 0 Å². The van der Waals surface area contributed by atoms with Crippen molar-refractivity contribution in [3.05, 3.63) is 23.0 Å². The largest absolute Gasteiger partial charge is 3.00 e. The van der Waals surface area contributed by atoms with Crippen LogP contribution in [0.5, 0.6) is 0 Å². The van der Waals surface area contributed by atoms with Gasteiger partial charge in [0.25, 0.3) is 0 Å². The van der Waals surface area contributed by atoms with Gasteiger partial charge in [0, 0.05) is 10.7 Å². The van der Waals surface area contributed by atoms with E-state index >= 15 is 0 Å². The van der Waals surface area contributed by atoms with Gasteiger partial charge in [-0.1, -0.05) is 67.8 Å². The number of carboxylic acid groups (broad SMARTS) is 3. The van der Waals surface area contributed by atoms with Gasteiger partial charge >= 0.3 is 25.8 Å². The van der Waals surface area contributed by atoms with E-state index in [0.29, 0.717) is 0 Å². The monoisotopic (exact) mass is 1080 g/mol. The fraction of sp³-hybridized carbons (Fsp3) is 0. The predicted molar refractivity (Wildman–Crippen MR) is 129 cm³/mol. The van der Waals surface area contributed by atoms with Gasteiger partial charge in [-0.2, -0.15) is 0 Å². The molecule has 13 heteroatoms. The second kappa shape index (κ2) is 21.9. The van der Waals surface area contributed by atoms with Crippen molar-refractivity contribution in [1.82, 2.24) is 0 Å². The van der Waals surface area contributed by atoms with E-state index in [9.17, 15) is 29.7 Å². The minimum absolute atomic E-state index is 0. The van der Waals surface area contributed by atoms with Crippen LogP contribution in [0.25, 0.3) is 0 Å². The number of halogens is 6. The van der Waals surface area contributed by atoms with Gasteiger partial charge in [-0.25, -0.2) is 0 Å². The molecule has 0 amide bonds. The molecule has 0 bridgehead atoms. The number of aliphatic carboxylic acids is 3.